The van der Waals surface area contributed by atoms with Crippen LogP contribution in [0.2, 0.25) is 0 Å². The molecule has 0 saturated carbocycles. The van der Waals surface area contributed by atoms with Crippen LogP contribution in [0.1, 0.15) is 88.5 Å². The van der Waals surface area contributed by atoms with Crippen LogP contribution in [0.4, 0.5) is 0 Å². The molecule has 23 heavy (non-hydrogen) atoms. The van der Waals surface area contributed by atoms with E-state index in [0.717, 1.165) is 11.8 Å². The maximum Gasteiger partial charge on any atom is 0.000449 e. The van der Waals surface area contributed by atoms with Crippen molar-refractivity contribution in [2.75, 3.05) is 39.3 Å². The number of nitrogens with zero attached hydrogens (tertiary/aromatic N) is 2. The van der Waals surface area contributed by atoms with Gasteiger partial charge in [0.2, 0.25) is 0 Å². The smallest absolute Gasteiger partial charge is 0.000449 e. The maximum atomic E-state index is 2.58. The first-order valence-electron chi connectivity index (χ1n) is 9.85. The standard InChI is InChI=1S/C11H25N.C9H21N.CH4/c1-6-7-12(8-10(2)3)9-11(4)5;1-4-7-10(8-5-2)9-6-3;/h10-11H,6-9H2,1-5H3;4-9H2,1-3H3;1H4. The van der Waals surface area contributed by atoms with Crippen LogP contribution >= 0.6 is 0 Å². The lowest BCUT2D eigenvalue weighted by atomic mass is 10.1. The molecule has 0 radical (unpaired) electrons. The SMILES string of the molecule is C.CCCN(CC(C)C)CC(C)C.CCCN(CCC)CCC. The van der Waals surface area contributed by atoms with E-state index in [1.54, 1.807) is 0 Å². The van der Waals surface area contributed by atoms with Crippen LogP contribution in [0.25, 0.3) is 0 Å². The van der Waals surface area contributed by atoms with Crippen molar-refractivity contribution in [3.63, 3.8) is 0 Å². The van der Waals surface area contributed by atoms with Gasteiger partial charge in [0.15, 0.2) is 0 Å². The second-order valence-electron chi connectivity index (χ2n) is 7.39. The highest BCUT2D eigenvalue weighted by atomic mass is 15.1. The molecule has 2 heteroatoms. The van der Waals surface area contributed by atoms with Gasteiger partial charge in [-0.2, -0.15) is 0 Å². The monoisotopic (exact) mass is 330 g/mol. The van der Waals surface area contributed by atoms with Crippen molar-refractivity contribution in [1.29, 1.82) is 0 Å². The Labute approximate surface area is 150 Å². The summed E-state index contributed by atoms with van der Waals surface area (Å²) in [5.74, 6) is 1.60. The van der Waals surface area contributed by atoms with Crippen molar-refractivity contribution in [3.05, 3.63) is 0 Å². The highest BCUT2D eigenvalue weighted by Crippen LogP contribution is 2.04. The summed E-state index contributed by atoms with van der Waals surface area (Å²) >= 11 is 0. The molecule has 0 bridgehead atoms. The molecule has 0 atom stereocenters. The van der Waals surface area contributed by atoms with Crippen LogP contribution in [-0.4, -0.2) is 49.1 Å². The van der Waals surface area contributed by atoms with E-state index in [1.807, 2.05) is 0 Å². The molecule has 0 heterocycles. The van der Waals surface area contributed by atoms with E-state index in [0.29, 0.717) is 0 Å². The minimum absolute atomic E-state index is 0. The highest BCUT2D eigenvalue weighted by molar-refractivity contribution is 4.61. The minimum Gasteiger partial charge on any atom is -0.303 e. The van der Waals surface area contributed by atoms with Gasteiger partial charge in [-0.05, 0) is 63.7 Å². The molecular formula is C21H50N2. The zero-order valence-electron chi connectivity index (χ0n) is 17.1. The Morgan fingerprint density at radius 2 is 0.783 bits per heavy atom. The molecule has 0 aliphatic carbocycles. The zero-order valence-corrected chi connectivity index (χ0v) is 17.1. The molecule has 0 aromatic carbocycles. The molecule has 0 saturated heterocycles. The largest absolute Gasteiger partial charge is 0.303 e. The summed E-state index contributed by atoms with van der Waals surface area (Å²) in [5.41, 5.74) is 0. The molecule has 0 aliphatic heterocycles. The Kier molecular flexibility index (Phi) is 24.1. The van der Waals surface area contributed by atoms with Crippen LogP contribution in [0.3, 0.4) is 0 Å². The molecule has 0 aliphatic rings. The van der Waals surface area contributed by atoms with Gasteiger partial charge in [0.25, 0.3) is 0 Å². The first kappa shape index (κ1) is 27.8. The molecule has 0 aromatic rings. The fraction of sp³-hybridized carbons (Fsp3) is 1.00. The Bertz CT molecular complexity index is 178. The molecule has 0 rings (SSSR count). The van der Waals surface area contributed by atoms with Gasteiger partial charge in [0, 0.05) is 13.1 Å². The van der Waals surface area contributed by atoms with Crippen molar-refractivity contribution >= 4 is 0 Å². The summed E-state index contributed by atoms with van der Waals surface area (Å²) in [7, 11) is 0. The summed E-state index contributed by atoms with van der Waals surface area (Å²) in [6, 6.07) is 0. The van der Waals surface area contributed by atoms with E-state index in [2.05, 4.69) is 65.2 Å². The summed E-state index contributed by atoms with van der Waals surface area (Å²) < 4.78 is 0. The van der Waals surface area contributed by atoms with Crippen LogP contribution in [0, 0.1) is 11.8 Å². The van der Waals surface area contributed by atoms with Gasteiger partial charge in [0.1, 0.15) is 0 Å². The van der Waals surface area contributed by atoms with Gasteiger partial charge in [-0.15, -0.1) is 0 Å². The lowest BCUT2D eigenvalue weighted by molar-refractivity contribution is 0.220. The predicted octanol–water partition coefficient (Wildman–Crippen LogP) is 6.16. The van der Waals surface area contributed by atoms with E-state index in [4.69, 9.17) is 0 Å². The molecular weight excluding hydrogens is 280 g/mol. The molecule has 0 unspecified atom stereocenters. The predicted molar refractivity (Wildman–Crippen MR) is 110 cm³/mol. The van der Waals surface area contributed by atoms with Gasteiger partial charge in [-0.1, -0.05) is 62.8 Å². The fourth-order valence-electron chi connectivity index (χ4n) is 2.89. The molecule has 144 valence electrons. The Morgan fingerprint density at radius 1 is 0.522 bits per heavy atom. The average molecular weight is 331 g/mol. The summed E-state index contributed by atoms with van der Waals surface area (Å²) in [6.07, 6.45) is 5.15. The molecule has 0 aromatic heterocycles. The van der Waals surface area contributed by atoms with Crippen molar-refractivity contribution < 1.29 is 0 Å². The molecule has 0 N–H and O–H groups in total. The minimum atomic E-state index is 0. The summed E-state index contributed by atoms with van der Waals surface area (Å²) in [4.78, 5) is 5.12. The molecule has 0 amide bonds. The zero-order chi connectivity index (χ0) is 17.4. The Balaban J connectivity index is -0.000000338. The first-order valence-corrected chi connectivity index (χ1v) is 9.85. The molecule has 2 nitrogen and oxygen atoms in total. The van der Waals surface area contributed by atoms with E-state index >= 15 is 0 Å². The van der Waals surface area contributed by atoms with E-state index < -0.39 is 0 Å². The van der Waals surface area contributed by atoms with Crippen molar-refractivity contribution in [1.82, 2.24) is 9.80 Å². The third-order valence-electron chi connectivity index (χ3n) is 3.41. The van der Waals surface area contributed by atoms with Crippen LogP contribution in [0.15, 0.2) is 0 Å². The lowest BCUT2D eigenvalue weighted by Crippen LogP contribution is -2.31. The quantitative estimate of drug-likeness (QED) is 0.422. The fourth-order valence-corrected chi connectivity index (χ4v) is 2.89. The van der Waals surface area contributed by atoms with Crippen LogP contribution < -0.4 is 0 Å². The van der Waals surface area contributed by atoms with E-state index in [-0.39, 0.29) is 7.43 Å². The van der Waals surface area contributed by atoms with Crippen LogP contribution in [-0.2, 0) is 0 Å². The summed E-state index contributed by atoms with van der Waals surface area (Å²) in [5, 5.41) is 0. The normalized spacial score (nSPS) is 11.0. The van der Waals surface area contributed by atoms with Gasteiger partial charge in [-0.25, -0.2) is 0 Å². The first-order chi connectivity index (χ1) is 10.4. The molecule has 0 spiro atoms. The number of rotatable bonds is 12. The second kappa shape index (κ2) is 20.0. The third kappa shape index (κ3) is 21.9. The van der Waals surface area contributed by atoms with E-state index in [1.165, 1.54) is 65.0 Å². The highest BCUT2D eigenvalue weighted by Gasteiger charge is 2.07. The third-order valence-corrected chi connectivity index (χ3v) is 3.41. The van der Waals surface area contributed by atoms with Gasteiger partial charge < -0.3 is 9.80 Å². The number of hydrogen-bond acceptors (Lipinski definition) is 2. The van der Waals surface area contributed by atoms with Crippen molar-refractivity contribution in [2.24, 2.45) is 11.8 Å². The summed E-state index contributed by atoms with van der Waals surface area (Å²) in [6.45, 7) is 25.8. The lowest BCUT2D eigenvalue weighted by Gasteiger charge is -2.25. The Morgan fingerprint density at radius 3 is 1.00 bits per heavy atom. The van der Waals surface area contributed by atoms with E-state index in [9.17, 15) is 0 Å². The van der Waals surface area contributed by atoms with Crippen molar-refractivity contribution in [2.45, 2.75) is 88.5 Å². The number of hydrogen-bond donors (Lipinski definition) is 0. The average Bonchev–Trinajstić information content (AvgIpc) is 2.39. The van der Waals surface area contributed by atoms with Gasteiger partial charge in [-0.3, -0.25) is 0 Å². The molecule has 0 fully saturated rings. The van der Waals surface area contributed by atoms with Gasteiger partial charge >= 0.3 is 0 Å². The maximum absolute atomic E-state index is 2.58. The second-order valence-corrected chi connectivity index (χ2v) is 7.39. The Hall–Kier alpha value is -0.0800. The van der Waals surface area contributed by atoms with Gasteiger partial charge in [0.05, 0.1) is 0 Å². The van der Waals surface area contributed by atoms with Crippen molar-refractivity contribution in [3.8, 4) is 0 Å². The van der Waals surface area contributed by atoms with Crippen LogP contribution in [0.5, 0.6) is 0 Å². The topological polar surface area (TPSA) is 6.48 Å².